The Morgan fingerprint density at radius 3 is 2.94 bits per heavy atom. The van der Waals surface area contributed by atoms with Crippen molar-refractivity contribution in [2.45, 2.75) is 24.1 Å². The van der Waals surface area contributed by atoms with Gasteiger partial charge < -0.3 is 15.8 Å². The number of hydrogen-bond donors (Lipinski definition) is 2. The van der Waals surface area contributed by atoms with Crippen LogP contribution in [0.3, 0.4) is 0 Å². The van der Waals surface area contributed by atoms with Crippen molar-refractivity contribution >= 4 is 17.4 Å². The van der Waals surface area contributed by atoms with E-state index >= 15 is 0 Å². The van der Waals surface area contributed by atoms with Crippen molar-refractivity contribution in [2.24, 2.45) is 5.73 Å². The van der Waals surface area contributed by atoms with Gasteiger partial charge in [-0.15, -0.1) is 0 Å². The van der Waals surface area contributed by atoms with Crippen LogP contribution in [0.4, 0.5) is 10.1 Å². The van der Waals surface area contributed by atoms with E-state index in [-0.39, 0.29) is 17.1 Å². The van der Waals surface area contributed by atoms with Crippen molar-refractivity contribution in [2.75, 3.05) is 24.7 Å². The second-order valence-corrected chi connectivity index (χ2v) is 6.21. The number of nitrogens with one attached hydrogen (secondary N) is 1. The normalized spacial score (nSPS) is 27.2. The van der Waals surface area contributed by atoms with Crippen LogP contribution in [0.2, 0.25) is 0 Å². The lowest BCUT2D eigenvalue weighted by atomic mass is 9.96. The molecule has 0 spiro atoms. The highest BCUT2D eigenvalue weighted by atomic mass is 32.2. The number of nitrogens with two attached hydrogens (primary N) is 1. The van der Waals surface area contributed by atoms with E-state index in [4.69, 9.17) is 10.5 Å². The summed E-state index contributed by atoms with van der Waals surface area (Å²) >= 11 is 1.91. The maximum atomic E-state index is 13.3. The molecular formula is C13H19FN2OS. The van der Waals surface area contributed by atoms with Crippen molar-refractivity contribution < 1.29 is 9.13 Å². The number of thioether (sulfide) groups is 1. The highest BCUT2D eigenvalue weighted by Crippen LogP contribution is 2.36. The van der Waals surface area contributed by atoms with Crippen LogP contribution in [0.1, 0.15) is 13.3 Å². The molecule has 1 heterocycles. The predicted octanol–water partition coefficient (Wildman–Crippen LogP) is 2.47. The summed E-state index contributed by atoms with van der Waals surface area (Å²) in [5.41, 5.74) is 6.66. The first-order chi connectivity index (χ1) is 8.58. The summed E-state index contributed by atoms with van der Waals surface area (Å²) in [6.45, 7) is 2.78. The number of rotatable bonds is 4. The molecule has 1 aliphatic heterocycles. The summed E-state index contributed by atoms with van der Waals surface area (Å²) in [5, 5.41) is 4.04. The number of ether oxygens (including phenoxy) is 1. The fraction of sp³-hybridized carbons (Fsp3) is 0.538. The Labute approximate surface area is 111 Å². The zero-order valence-electron chi connectivity index (χ0n) is 10.7. The minimum Gasteiger partial charge on any atom is -0.494 e. The number of hydrogen-bond acceptors (Lipinski definition) is 4. The molecule has 1 aliphatic rings. The molecule has 0 aliphatic carbocycles. The minimum absolute atomic E-state index is 0.0904. The Morgan fingerprint density at radius 1 is 1.61 bits per heavy atom. The second-order valence-electron chi connectivity index (χ2n) is 4.78. The van der Waals surface area contributed by atoms with Crippen LogP contribution in [0, 0.1) is 5.82 Å². The molecule has 2 unspecified atom stereocenters. The maximum Gasteiger partial charge on any atom is 0.165 e. The Kier molecular flexibility index (Phi) is 4.02. The minimum atomic E-state index is -0.348. The second kappa shape index (κ2) is 5.36. The number of benzene rings is 1. The van der Waals surface area contributed by atoms with E-state index in [1.54, 1.807) is 12.1 Å². The third-order valence-corrected chi connectivity index (χ3v) is 4.73. The zero-order chi connectivity index (χ0) is 13.2. The van der Waals surface area contributed by atoms with E-state index < -0.39 is 0 Å². The first kappa shape index (κ1) is 13.5. The summed E-state index contributed by atoms with van der Waals surface area (Å²) in [6, 6.07) is 4.82. The van der Waals surface area contributed by atoms with Gasteiger partial charge in [0.05, 0.1) is 12.6 Å². The van der Waals surface area contributed by atoms with Gasteiger partial charge in [0, 0.05) is 29.3 Å². The van der Waals surface area contributed by atoms with Gasteiger partial charge in [-0.25, -0.2) is 4.39 Å². The van der Waals surface area contributed by atoms with Gasteiger partial charge in [-0.05, 0) is 18.6 Å². The molecule has 2 rings (SSSR count). The van der Waals surface area contributed by atoms with Crippen LogP contribution in [-0.2, 0) is 0 Å². The molecule has 1 aromatic carbocycles. The lowest BCUT2D eigenvalue weighted by molar-refractivity contribution is 0.386. The number of methoxy groups -OCH3 is 1. The molecule has 0 saturated carbocycles. The monoisotopic (exact) mass is 270 g/mol. The average Bonchev–Trinajstić information content (AvgIpc) is 2.74. The van der Waals surface area contributed by atoms with Crippen LogP contribution in [0.15, 0.2) is 18.2 Å². The molecule has 0 bridgehead atoms. The maximum absolute atomic E-state index is 13.3. The standard InChI is InChI=1S/C13H19FN2OS/c1-9-6-13(7-15,8-18-9)16-10-3-4-11(14)12(5-10)17-2/h3-5,9,16H,6-8,15H2,1-2H3. The molecule has 18 heavy (non-hydrogen) atoms. The third kappa shape index (κ3) is 2.72. The molecular weight excluding hydrogens is 251 g/mol. The lowest BCUT2D eigenvalue weighted by Gasteiger charge is -2.29. The summed E-state index contributed by atoms with van der Waals surface area (Å²) in [5.74, 6) is 0.884. The largest absolute Gasteiger partial charge is 0.494 e. The Morgan fingerprint density at radius 2 is 2.39 bits per heavy atom. The van der Waals surface area contributed by atoms with E-state index in [2.05, 4.69) is 12.2 Å². The molecule has 0 amide bonds. The third-order valence-electron chi connectivity index (χ3n) is 3.27. The molecule has 5 heteroatoms. The van der Waals surface area contributed by atoms with E-state index in [1.807, 2.05) is 11.8 Å². The van der Waals surface area contributed by atoms with Gasteiger partial charge in [0.1, 0.15) is 0 Å². The van der Waals surface area contributed by atoms with E-state index in [0.29, 0.717) is 11.8 Å². The van der Waals surface area contributed by atoms with Gasteiger partial charge in [-0.3, -0.25) is 0 Å². The van der Waals surface area contributed by atoms with Crippen LogP contribution in [0.25, 0.3) is 0 Å². The molecule has 1 aromatic rings. The van der Waals surface area contributed by atoms with Crippen molar-refractivity contribution in [1.82, 2.24) is 0 Å². The van der Waals surface area contributed by atoms with Gasteiger partial charge >= 0.3 is 0 Å². The summed E-state index contributed by atoms with van der Waals surface area (Å²) in [6.07, 6.45) is 1.02. The van der Waals surface area contributed by atoms with Crippen molar-refractivity contribution in [3.63, 3.8) is 0 Å². The average molecular weight is 270 g/mol. The summed E-state index contributed by atoms with van der Waals surface area (Å²) in [7, 11) is 1.47. The van der Waals surface area contributed by atoms with Crippen molar-refractivity contribution in [3.8, 4) is 5.75 Å². The summed E-state index contributed by atoms with van der Waals surface area (Å²) in [4.78, 5) is 0. The molecule has 1 fully saturated rings. The smallest absolute Gasteiger partial charge is 0.165 e. The molecule has 0 radical (unpaired) electrons. The van der Waals surface area contributed by atoms with Gasteiger partial charge in [-0.1, -0.05) is 6.92 Å². The van der Waals surface area contributed by atoms with E-state index in [9.17, 15) is 4.39 Å². The Hall–Kier alpha value is -0.940. The van der Waals surface area contributed by atoms with Crippen molar-refractivity contribution in [3.05, 3.63) is 24.0 Å². The molecule has 3 N–H and O–H groups in total. The van der Waals surface area contributed by atoms with Gasteiger partial charge in [-0.2, -0.15) is 11.8 Å². The van der Waals surface area contributed by atoms with Crippen LogP contribution >= 0.6 is 11.8 Å². The SMILES string of the molecule is COc1cc(NC2(CN)CSC(C)C2)ccc1F. The fourth-order valence-electron chi connectivity index (χ4n) is 2.29. The predicted molar refractivity (Wildman–Crippen MR) is 74.9 cm³/mol. The quantitative estimate of drug-likeness (QED) is 0.882. The Bertz CT molecular complexity index is 429. The van der Waals surface area contributed by atoms with Gasteiger partial charge in [0.25, 0.3) is 0 Å². The van der Waals surface area contributed by atoms with E-state index in [1.165, 1.54) is 13.2 Å². The highest BCUT2D eigenvalue weighted by Gasteiger charge is 2.36. The zero-order valence-corrected chi connectivity index (χ0v) is 11.5. The van der Waals surface area contributed by atoms with Gasteiger partial charge in [0.2, 0.25) is 0 Å². The topological polar surface area (TPSA) is 47.3 Å². The first-order valence-corrected chi connectivity index (χ1v) is 7.07. The highest BCUT2D eigenvalue weighted by molar-refractivity contribution is 8.00. The van der Waals surface area contributed by atoms with Crippen LogP contribution < -0.4 is 15.8 Å². The van der Waals surface area contributed by atoms with Gasteiger partial charge in [0.15, 0.2) is 11.6 Å². The van der Waals surface area contributed by atoms with Crippen LogP contribution in [-0.4, -0.2) is 30.2 Å². The van der Waals surface area contributed by atoms with Crippen LogP contribution in [0.5, 0.6) is 5.75 Å². The molecule has 0 aromatic heterocycles. The first-order valence-electron chi connectivity index (χ1n) is 6.02. The Balaban J connectivity index is 2.17. The lowest BCUT2D eigenvalue weighted by Crippen LogP contribution is -2.45. The van der Waals surface area contributed by atoms with Crippen molar-refractivity contribution in [1.29, 1.82) is 0 Å². The number of halogens is 1. The summed E-state index contributed by atoms with van der Waals surface area (Å²) < 4.78 is 18.3. The molecule has 1 saturated heterocycles. The van der Waals surface area contributed by atoms with E-state index in [0.717, 1.165) is 17.9 Å². The molecule has 3 nitrogen and oxygen atoms in total. The molecule has 100 valence electrons. The molecule has 2 atom stereocenters. The number of anilines is 1. The fourth-order valence-corrected chi connectivity index (χ4v) is 3.64.